The minimum Gasteiger partial charge on any atom is -0.379 e. The zero-order valence-electron chi connectivity index (χ0n) is 23.5. The Kier molecular flexibility index (Phi) is 7.89. The van der Waals surface area contributed by atoms with Gasteiger partial charge in [-0.3, -0.25) is 24.1 Å². The van der Waals surface area contributed by atoms with Gasteiger partial charge in [-0.05, 0) is 48.0 Å². The number of nitrogens with zero attached hydrogens (tertiary/aromatic N) is 4. The summed E-state index contributed by atoms with van der Waals surface area (Å²) in [4.78, 5) is 47.5. The minimum atomic E-state index is -4.17. The van der Waals surface area contributed by atoms with Crippen LogP contribution in [0.1, 0.15) is 15.9 Å². The Balaban J connectivity index is 1.17. The lowest BCUT2D eigenvalue weighted by Crippen LogP contribution is -2.50. The summed E-state index contributed by atoms with van der Waals surface area (Å²) in [6.45, 7) is 1.02. The number of anilines is 1. The van der Waals surface area contributed by atoms with E-state index in [0.717, 1.165) is 12.1 Å². The summed E-state index contributed by atoms with van der Waals surface area (Å²) >= 11 is 0. The van der Waals surface area contributed by atoms with Crippen LogP contribution in [0, 0.1) is 11.6 Å². The largest absolute Gasteiger partial charge is 0.379 e. The maximum atomic E-state index is 13.7. The van der Waals surface area contributed by atoms with Crippen molar-refractivity contribution in [2.75, 3.05) is 31.1 Å². The first-order valence-corrected chi connectivity index (χ1v) is 15.2. The van der Waals surface area contributed by atoms with Gasteiger partial charge in [-0.15, -0.1) is 0 Å². The van der Waals surface area contributed by atoms with Crippen molar-refractivity contribution in [2.24, 2.45) is 0 Å². The Morgan fingerprint density at radius 1 is 0.911 bits per heavy atom. The summed E-state index contributed by atoms with van der Waals surface area (Å²) in [7, 11) is -4.17. The molecule has 2 aromatic heterocycles. The topological polar surface area (TPSA) is 135 Å². The number of hydrogen-bond donors (Lipinski definition) is 1. The molecule has 0 unspecified atom stereocenters. The molecule has 0 atom stereocenters. The number of nitrogens with one attached hydrogen (secondary N) is 1. The highest BCUT2D eigenvalue weighted by Gasteiger charge is 2.25. The third-order valence-corrected chi connectivity index (χ3v) is 8.76. The molecule has 1 amide bonds. The summed E-state index contributed by atoms with van der Waals surface area (Å²) in [5, 5.41) is 1.12. The van der Waals surface area contributed by atoms with E-state index in [1.54, 1.807) is 41.4 Å². The number of carbonyl (C=O) groups is 1. The predicted octanol–water partition coefficient (Wildman–Crippen LogP) is 3.14. The first-order valence-electron chi connectivity index (χ1n) is 13.8. The van der Waals surface area contributed by atoms with E-state index in [1.807, 2.05) is 0 Å². The molecule has 1 fully saturated rings. The van der Waals surface area contributed by atoms with Gasteiger partial charge in [0, 0.05) is 61.0 Å². The lowest BCUT2D eigenvalue weighted by Gasteiger charge is -2.36. The van der Waals surface area contributed by atoms with E-state index >= 15 is 0 Å². The fourth-order valence-corrected chi connectivity index (χ4v) is 6.34. The van der Waals surface area contributed by atoms with Crippen LogP contribution in [0.4, 0.5) is 14.6 Å². The standard InChI is InChI=1S/C31H25F2N5O6S/c32-25-9-6-21(16-26(25)33)30(40)37-14-12-36(13-15-37)29-17-28(39)35-31(41)38(29)19-20-4-7-23(8-5-20)44-45(42,43)27-3-1-2-22-18-34-11-10-24(22)27/h1-11,16-18H,12-15,19H2,(H,35,39,41). The molecule has 5 aromatic rings. The number of amides is 1. The van der Waals surface area contributed by atoms with E-state index in [-0.39, 0.29) is 48.9 Å². The molecular weight excluding hydrogens is 608 g/mol. The van der Waals surface area contributed by atoms with Crippen molar-refractivity contribution in [1.82, 2.24) is 19.4 Å². The van der Waals surface area contributed by atoms with E-state index in [9.17, 15) is 31.6 Å². The van der Waals surface area contributed by atoms with E-state index < -0.39 is 38.9 Å². The lowest BCUT2D eigenvalue weighted by atomic mass is 10.1. The zero-order valence-corrected chi connectivity index (χ0v) is 24.3. The van der Waals surface area contributed by atoms with Crippen LogP contribution in [0.15, 0.2) is 99.7 Å². The maximum absolute atomic E-state index is 13.7. The van der Waals surface area contributed by atoms with E-state index in [2.05, 4.69) is 9.97 Å². The van der Waals surface area contributed by atoms with Gasteiger partial charge in [0.1, 0.15) is 16.5 Å². The zero-order chi connectivity index (χ0) is 31.7. The third-order valence-electron chi connectivity index (χ3n) is 7.45. The second kappa shape index (κ2) is 12.0. The molecule has 45 heavy (non-hydrogen) atoms. The molecule has 3 heterocycles. The molecule has 14 heteroatoms. The molecule has 0 saturated carbocycles. The Labute approximate surface area is 255 Å². The van der Waals surface area contributed by atoms with Crippen LogP contribution in [0.3, 0.4) is 0 Å². The Morgan fingerprint density at radius 2 is 1.67 bits per heavy atom. The monoisotopic (exact) mass is 633 g/mol. The number of aromatic amines is 1. The van der Waals surface area contributed by atoms with Crippen molar-refractivity contribution in [2.45, 2.75) is 11.4 Å². The van der Waals surface area contributed by atoms with E-state index in [4.69, 9.17) is 4.18 Å². The van der Waals surface area contributed by atoms with Gasteiger partial charge in [-0.25, -0.2) is 13.6 Å². The third kappa shape index (κ3) is 6.17. The summed E-state index contributed by atoms with van der Waals surface area (Å²) in [6, 6.07) is 16.8. The van der Waals surface area contributed by atoms with Crippen molar-refractivity contribution in [1.29, 1.82) is 0 Å². The molecule has 1 saturated heterocycles. The molecule has 230 valence electrons. The average molecular weight is 634 g/mol. The van der Waals surface area contributed by atoms with Crippen LogP contribution in [0.2, 0.25) is 0 Å². The first kappa shape index (κ1) is 29.7. The normalized spacial score (nSPS) is 13.6. The van der Waals surface area contributed by atoms with Crippen LogP contribution < -0.4 is 20.3 Å². The molecule has 1 aliphatic rings. The molecule has 1 N–H and O–H groups in total. The van der Waals surface area contributed by atoms with Gasteiger partial charge in [0.2, 0.25) is 0 Å². The van der Waals surface area contributed by atoms with Gasteiger partial charge in [0.05, 0.1) is 6.54 Å². The summed E-state index contributed by atoms with van der Waals surface area (Å²) in [6.07, 6.45) is 3.06. The lowest BCUT2D eigenvalue weighted by molar-refractivity contribution is 0.0745. The van der Waals surface area contributed by atoms with E-state index in [0.29, 0.717) is 22.2 Å². The number of pyridine rings is 1. The van der Waals surface area contributed by atoms with Crippen molar-refractivity contribution >= 4 is 32.6 Å². The number of fused-ring (bicyclic) bond motifs is 1. The highest BCUT2D eigenvalue weighted by Crippen LogP contribution is 2.26. The van der Waals surface area contributed by atoms with Crippen molar-refractivity contribution in [3.63, 3.8) is 0 Å². The van der Waals surface area contributed by atoms with E-state index in [1.165, 1.54) is 46.0 Å². The molecule has 0 bridgehead atoms. The fourth-order valence-electron chi connectivity index (χ4n) is 5.19. The Morgan fingerprint density at radius 3 is 2.40 bits per heavy atom. The molecular formula is C31H25F2N5O6S. The molecule has 6 rings (SSSR count). The predicted molar refractivity (Wildman–Crippen MR) is 161 cm³/mol. The highest BCUT2D eigenvalue weighted by molar-refractivity contribution is 7.87. The Bertz CT molecular complexity index is 2140. The fraction of sp³-hybridized carbons (Fsp3) is 0.161. The second-order valence-corrected chi connectivity index (χ2v) is 11.8. The number of rotatable bonds is 7. The van der Waals surface area contributed by atoms with Crippen LogP contribution >= 0.6 is 0 Å². The van der Waals surface area contributed by atoms with Crippen molar-refractivity contribution < 1.29 is 26.2 Å². The van der Waals surface area contributed by atoms with Crippen LogP contribution in [0.25, 0.3) is 10.8 Å². The summed E-state index contributed by atoms with van der Waals surface area (Å²) in [5.74, 6) is -2.22. The number of piperazine rings is 1. The van der Waals surface area contributed by atoms with Gasteiger partial charge >= 0.3 is 15.8 Å². The van der Waals surface area contributed by atoms with Gasteiger partial charge in [0.15, 0.2) is 11.6 Å². The average Bonchev–Trinajstić information content (AvgIpc) is 3.03. The summed E-state index contributed by atoms with van der Waals surface area (Å²) < 4.78 is 59.9. The number of H-pyrrole nitrogens is 1. The molecule has 1 aliphatic heterocycles. The smallest absolute Gasteiger partial charge is 0.339 e. The molecule has 3 aromatic carbocycles. The number of aromatic nitrogens is 3. The van der Waals surface area contributed by atoms with Gasteiger partial charge in [0.25, 0.3) is 11.5 Å². The van der Waals surface area contributed by atoms with Crippen molar-refractivity contribution in [3.8, 4) is 5.75 Å². The van der Waals surface area contributed by atoms with Gasteiger partial charge in [-0.1, -0.05) is 24.3 Å². The molecule has 0 radical (unpaired) electrons. The second-order valence-electron chi connectivity index (χ2n) is 10.3. The first-order chi connectivity index (χ1) is 21.6. The number of benzene rings is 3. The number of hydrogen-bond acceptors (Lipinski definition) is 8. The molecule has 11 nitrogen and oxygen atoms in total. The van der Waals surface area contributed by atoms with Crippen LogP contribution in [0.5, 0.6) is 5.75 Å². The quantitative estimate of drug-likeness (QED) is 0.270. The number of carbonyl (C=O) groups excluding carboxylic acids is 1. The maximum Gasteiger partial charge on any atom is 0.339 e. The highest BCUT2D eigenvalue weighted by atomic mass is 32.2. The Hall–Kier alpha value is -5.37. The van der Waals surface area contributed by atoms with Crippen LogP contribution in [-0.2, 0) is 16.7 Å². The van der Waals surface area contributed by atoms with Crippen LogP contribution in [-0.4, -0.2) is 59.9 Å². The SMILES string of the molecule is O=C(c1ccc(F)c(F)c1)N1CCN(c2cc(=O)[nH]c(=O)n2Cc2ccc(OS(=O)(=O)c3cccc4cnccc34)cc2)CC1. The van der Waals surface area contributed by atoms with Gasteiger partial charge < -0.3 is 14.0 Å². The summed E-state index contributed by atoms with van der Waals surface area (Å²) in [5.41, 5.74) is -0.598. The number of halogens is 2. The van der Waals surface area contributed by atoms with Gasteiger partial charge in [-0.2, -0.15) is 8.42 Å². The minimum absolute atomic E-state index is 0.00235. The molecule has 0 spiro atoms. The molecule has 0 aliphatic carbocycles. The van der Waals surface area contributed by atoms with Crippen molar-refractivity contribution in [3.05, 3.63) is 129 Å².